The molecular weight excluding hydrogens is 472 g/mol. The number of ether oxygens (including phenoxy) is 1. The first-order valence-electron chi connectivity index (χ1n) is 11.3. The number of nitro benzene ring substituents is 1. The molecule has 0 heterocycles. The van der Waals surface area contributed by atoms with Gasteiger partial charge in [-0.25, -0.2) is 13.1 Å². The molecule has 2 aromatic carbocycles. The predicted octanol–water partition coefficient (Wildman–Crippen LogP) is 4.05. The lowest BCUT2D eigenvalue weighted by Crippen LogP contribution is -2.49. The van der Waals surface area contributed by atoms with Crippen LogP contribution in [0.25, 0.3) is 0 Å². The second-order valence-corrected chi connectivity index (χ2v) is 11.9. The van der Waals surface area contributed by atoms with Crippen molar-refractivity contribution in [2.45, 2.75) is 64.0 Å². The second kappa shape index (κ2) is 9.50. The fourth-order valence-corrected chi connectivity index (χ4v) is 5.54. The Kier molecular flexibility index (Phi) is 7.19. The van der Waals surface area contributed by atoms with Crippen LogP contribution in [0.4, 0.5) is 5.69 Å². The third-order valence-electron chi connectivity index (χ3n) is 6.02. The first-order valence-corrected chi connectivity index (χ1v) is 12.8. The largest absolute Gasteiger partial charge is 0.459 e. The summed E-state index contributed by atoms with van der Waals surface area (Å²) in [7, 11) is -4.10. The van der Waals surface area contributed by atoms with Crippen LogP contribution in [0.2, 0.25) is 0 Å². The fraction of sp³-hybridized carbons (Fsp3) is 0.440. The van der Waals surface area contributed by atoms with Crippen molar-refractivity contribution in [3.63, 3.8) is 0 Å². The zero-order chi connectivity index (χ0) is 26.2. The molecule has 0 saturated heterocycles. The quantitative estimate of drug-likeness (QED) is 0.249. The molecule has 0 fully saturated rings. The molecule has 35 heavy (non-hydrogen) atoms. The first-order chi connectivity index (χ1) is 16.2. The van der Waals surface area contributed by atoms with Gasteiger partial charge in [0.2, 0.25) is 10.0 Å². The number of carbonyl (C=O) groups excluding carboxylic acids is 2. The third kappa shape index (κ3) is 5.59. The van der Waals surface area contributed by atoms with Crippen molar-refractivity contribution in [1.29, 1.82) is 0 Å². The average molecular weight is 503 g/mol. The smallest absolute Gasteiger partial charge is 0.320 e. The maximum Gasteiger partial charge on any atom is 0.320 e. The number of hydrogen-bond acceptors (Lipinski definition) is 7. The van der Waals surface area contributed by atoms with Crippen LogP contribution in [-0.2, 0) is 26.0 Å². The van der Waals surface area contributed by atoms with Crippen LogP contribution in [0.5, 0.6) is 0 Å². The van der Waals surface area contributed by atoms with Gasteiger partial charge in [0, 0.05) is 23.7 Å². The van der Waals surface area contributed by atoms with Gasteiger partial charge in [0.15, 0.2) is 5.78 Å². The number of sulfonamides is 1. The van der Waals surface area contributed by atoms with E-state index in [9.17, 15) is 28.1 Å². The predicted molar refractivity (Wildman–Crippen MR) is 129 cm³/mol. The molecular formula is C25H30N2O7S. The first kappa shape index (κ1) is 26.5. The molecule has 0 unspecified atom stereocenters. The number of nitrogens with zero attached hydrogens (tertiary/aromatic N) is 1. The van der Waals surface area contributed by atoms with E-state index >= 15 is 0 Å². The molecule has 0 amide bonds. The minimum atomic E-state index is -4.10. The molecule has 0 spiro atoms. The van der Waals surface area contributed by atoms with Crippen LogP contribution in [0.1, 0.15) is 57.0 Å². The van der Waals surface area contributed by atoms with E-state index < -0.39 is 38.0 Å². The number of nitro groups is 1. The van der Waals surface area contributed by atoms with Gasteiger partial charge < -0.3 is 4.74 Å². The maximum atomic E-state index is 13.6. The number of fused-ring (bicyclic) bond motifs is 1. The second-order valence-electron chi connectivity index (χ2n) is 10.2. The zero-order valence-electron chi connectivity index (χ0n) is 20.4. The van der Waals surface area contributed by atoms with E-state index in [1.54, 1.807) is 58.9 Å². The van der Waals surface area contributed by atoms with Crippen molar-refractivity contribution in [1.82, 2.24) is 4.72 Å². The minimum Gasteiger partial charge on any atom is -0.459 e. The van der Waals surface area contributed by atoms with Crippen LogP contribution in [0.3, 0.4) is 0 Å². The number of nitrogens with one attached hydrogen (secondary N) is 1. The van der Waals surface area contributed by atoms with E-state index in [-0.39, 0.29) is 35.1 Å². The molecule has 1 N–H and O–H groups in total. The Morgan fingerprint density at radius 3 is 2.26 bits per heavy atom. The van der Waals surface area contributed by atoms with Crippen molar-refractivity contribution in [3.05, 3.63) is 69.8 Å². The highest BCUT2D eigenvalue weighted by molar-refractivity contribution is 7.89. The van der Waals surface area contributed by atoms with E-state index in [1.807, 2.05) is 0 Å². The Morgan fingerprint density at radius 2 is 1.74 bits per heavy atom. The van der Waals surface area contributed by atoms with Gasteiger partial charge in [-0.15, -0.1) is 0 Å². The Hall–Kier alpha value is -3.11. The summed E-state index contributed by atoms with van der Waals surface area (Å²) in [6.45, 7) is 8.71. The summed E-state index contributed by atoms with van der Waals surface area (Å²) in [5.74, 6) is -1.35. The van der Waals surface area contributed by atoms with Crippen molar-refractivity contribution < 1.29 is 27.7 Å². The number of Topliss-reactive ketones (excluding diaryl/α,β-unsaturated/α-hetero) is 1. The van der Waals surface area contributed by atoms with Gasteiger partial charge >= 0.3 is 5.97 Å². The topological polar surface area (TPSA) is 133 Å². The molecule has 3 rings (SSSR count). The van der Waals surface area contributed by atoms with Crippen LogP contribution >= 0.6 is 0 Å². The highest BCUT2D eigenvalue weighted by Crippen LogP contribution is 2.43. The van der Waals surface area contributed by atoms with Crippen LogP contribution in [0, 0.1) is 21.4 Å². The molecule has 188 valence electrons. The summed E-state index contributed by atoms with van der Waals surface area (Å²) >= 11 is 0. The van der Waals surface area contributed by atoms with Crippen molar-refractivity contribution in [3.8, 4) is 0 Å². The van der Waals surface area contributed by atoms with E-state index in [1.165, 1.54) is 0 Å². The van der Waals surface area contributed by atoms with Gasteiger partial charge in [0.25, 0.3) is 5.69 Å². The van der Waals surface area contributed by atoms with Crippen LogP contribution in [0.15, 0.2) is 53.4 Å². The number of ketones is 1. The van der Waals surface area contributed by atoms with Gasteiger partial charge in [-0.2, -0.15) is 0 Å². The molecule has 0 saturated carbocycles. The lowest BCUT2D eigenvalue weighted by atomic mass is 9.75. The molecule has 2 atom stereocenters. The Balaban J connectivity index is 1.97. The van der Waals surface area contributed by atoms with Crippen molar-refractivity contribution in [2.75, 3.05) is 0 Å². The van der Waals surface area contributed by atoms with Gasteiger partial charge in [-0.05, 0) is 57.2 Å². The zero-order valence-corrected chi connectivity index (χ0v) is 21.2. The monoisotopic (exact) mass is 502 g/mol. The SMILES string of the molecule is CC(C)[C@H](C[C@@]1(C(=O)OC(C)(C)C)Cc2ccccc2C1=O)NS(=O)(=O)c1ccc([N+](=O)[O-])cc1. The van der Waals surface area contributed by atoms with E-state index in [2.05, 4.69) is 4.72 Å². The summed E-state index contributed by atoms with van der Waals surface area (Å²) in [4.78, 5) is 37.2. The van der Waals surface area contributed by atoms with E-state index in [0.29, 0.717) is 11.1 Å². The summed E-state index contributed by atoms with van der Waals surface area (Å²) in [6.07, 6.45) is 0.0126. The Morgan fingerprint density at radius 1 is 1.14 bits per heavy atom. The van der Waals surface area contributed by atoms with E-state index in [4.69, 9.17) is 4.74 Å². The number of non-ortho nitro benzene ring substituents is 1. The normalized spacial score (nSPS) is 18.9. The van der Waals surface area contributed by atoms with Crippen molar-refractivity contribution in [2.24, 2.45) is 11.3 Å². The molecule has 0 aromatic heterocycles. The van der Waals surface area contributed by atoms with Crippen molar-refractivity contribution >= 4 is 27.5 Å². The molecule has 0 radical (unpaired) electrons. The summed E-state index contributed by atoms with van der Waals surface area (Å²) in [6, 6.07) is 10.7. The third-order valence-corrected chi connectivity index (χ3v) is 7.52. The van der Waals surface area contributed by atoms with Gasteiger partial charge in [-0.3, -0.25) is 19.7 Å². The number of esters is 1. The highest BCUT2D eigenvalue weighted by Gasteiger charge is 2.54. The molecule has 2 aromatic rings. The average Bonchev–Trinajstić information content (AvgIpc) is 3.05. The Labute approximate surface area is 205 Å². The molecule has 0 aliphatic heterocycles. The van der Waals surface area contributed by atoms with Crippen LogP contribution in [-0.4, -0.2) is 36.7 Å². The van der Waals surface area contributed by atoms with Gasteiger partial charge in [0.1, 0.15) is 11.0 Å². The fourth-order valence-electron chi connectivity index (χ4n) is 4.15. The number of benzene rings is 2. The number of rotatable bonds is 8. The minimum absolute atomic E-state index is 0.0979. The standard InChI is InChI=1S/C25H30N2O7S/c1-16(2)21(26-35(32,33)19-12-10-18(11-13-19)27(30)31)15-25(23(29)34-24(3,4)5)14-17-8-6-7-9-20(17)22(25)28/h6-13,16,21,26H,14-15H2,1-5H3/t21-,25-/m0/s1. The molecule has 1 aliphatic rings. The van der Waals surface area contributed by atoms with E-state index in [0.717, 1.165) is 24.3 Å². The lowest BCUT2D eigenvalue weighted by Gasteiger charge is -2.34. The molecule has 1 aliphatic carbocycles. The molecule has 0 bridgehead atoms. The summed E-state index contributed by atoms with van der Waals surface area (Å²) < 4.78 is 34.5. The Bertz CT molecular complexity index is 1250. The lowest BCUT2D eigenvalue weighted by molar-refractivity contribution is -0.384. The van der Waals surface area contributed by atoms with Gasteiger partial charge in [0.05, 0.1) is 9.82 Å². The number of hydrogen-bond donors (Lipinski definition) is 1. The summed E-state index contributed by atoms with van der Waals surface area (Å²) in [5.41, 5.74) is -1.51. The maximum absolute atomic E-state index is 13.6. The highest BCUT2D eigenvalue weighted by atomic mass is 32.2. The molecule has 10 heteroatoms. The summed E-state index contributed by atoms with van der Waals surface area (Å²) in [5, 5.41) is 10.9. The van der Waals surface area contributed by atoms with Crippen LogP contribution < -0.4 is 4.72 Å². The number of carbonyl (C=O) groups is 2. The molecule has 9 nitrogen and oxygen atoms in total. The van der Waals surface area contributed by atoms with Gasteiger partial charge in [-0.1, -0.05) is 38.1 Å².